The molecule has 39 heavy (non-hydrogen) atoms. The summed E-state index contributed by atoms with van der Waals surface area (Å²) in [7, 11) is 2.17. The molecule has 0 saturated heterocycles. The minimum Gasteiger partial charge on any atom is -0.488 e. The number of hydrogen-bond donors (Lipinski definition) is 2. The van der Waals surface area contributed by atoms with Gasteiger partial charge >= 0.3 is 0 Å². The summed E-state index contributed by atoms with van der Waals surface area (Å²) in [5, 5.41) is 12.9. The molecule has 7 nitrogen and oxygen atoms in total. The number of hydrogen-bond acceptors (Lipinski definition) is 5. The fourth-order valence-electron chi connectivity index (χ4n) is 5.90. The van der Waals surface area contributed by atoms with E-state index in [9.17, 15) is 14.7 Å². The van der Waals surface area contributed by atoms with Gasteiger partial charge in [-0.15, -0.1) is 0 Å². The van der Waals surface area contributed by atoms with E-state index in [0.29, 0.717) is 18.0 Å². The molecule has 3 atom stereocenters. The highest BCUT2D eigenvalue weighted by molar-refractivity contribution is 5.92. The lowest BCUT2D eigenvalue weighted by Gasteiger charge is -2.35. The lowest BCUT2D eigenvalue weighted by atomic mass is 9.89. The van der Waals surface area contributed by atoms with Crippen LogP contribution in [0.5, 0.6) is 5.75 Å². The van der Waals surface area contributed by atoms with E-state index in [2.05, 4.69) is 24.2 Å². The first-order chi connectivity index (χ1) is 18.8. The lowest BCUT2D eigenvalue weighted by Crippen LogP contribution is -2.48. The van der Waals surface area contributed by atoms with Crippen molar-refractivity contribution in [3.8, 4) is 5.75 Å². The average Bonchev–Trinajstić information content (AvgIpc) is 2.97. The normalized spacial score (nSPS) is 21.4. The second-order valence-corrected chi connectivity index (χ2v) is 11.6. The van der Waals surface area contributed by atoms with Crippen LogP contribution in [0.25, 0.3) is 0 Å². The largest absolute Gasteiger partial charge is 0.488 e. The average molecular weight is 536 g/mol. The monoisotopic (exact) mass is 535 g/mol. The number of likely N-dealkylation sites (N-methyl/N-ethyl adjacent to an activating group) is 1. The van der Waals surface area contributed by atoms with Gasteiger partial charge in [0.15, 0.2) is 0 Å². The Labute approximate surface area is 233 Å². The van der Waals surface area contributed by atoms with E-state index in [4.69, 9.17) is 4.74 Å². The summed E-state index contributed by atoms with van der Waals surface area (Å²) in [5.74, 6) is 1.34. The van der Waals surface area contributed by atoms with Crippen molar-refractivity contribution in [1.29, 1.82) is 0 Å². The maximum atomic E-state index is 13.5. The second kappa shape index (κ2) is 13.9. The van der Waals surface area contributed by atoms with Crippen LogP contribution in [0, 0.1) is 11.8 Å². The molecule has 1 heterocycles. The number of nitrogens with zero attached hydrogens (tertiary/aromatic N) is 2. The first-order valence-electron chi connectivity index (χ1n) is 14.5. The van der Waals surface area contributed by atoms with E-state index in [1.54, 1.807) is 4.90 Å². The van der Waals surface area contributed by atoms with Crippen molar-refractivity contribution >= 4 is 17.5 Å². The van der Waals surface area contributed by atoms with Crippen molar-refractivity contribution in [1.82, 2.24) is 9.80 Å². The zero-order valence-electron chi connectivity index (χ0n) is 23.8. The SMILES string of the molecule is C[C@H]1CN([C@@H](C)CO)C(=O)Cc2cc(NC(=O)Cc3ccccc3)ccc2O[C@H]1CN(C)CC1CCCCC1. The fraction of sp³-hybridized carbons (Fsp3) is 0.562. The molecule has 4 rings (SSSR count). The highest BCUT2D eigenvalue weighted by atomic mass is 16.5. The molecule has 2 aliphatic rings. The standard InChI is InChI=1S/C32H45N3O4/c1-23-19-35(24(2)22-36)32(38)18-27-17-28(33-31(37)16-25-10-6-4-7-11-25)14-15-29(27)39-30(23)21-34(3)20-26-12-8-5-9-13-26/h4,6-7,10-11,14-15,17,23-24,26,30,36H,5,8-9,12-13,16,18-22H2,1-3H3,(H,33,37)/t23-,24-,30-/m0/s1. The Bertz CT molecular complexity index is 1090. The molecule has 212 valence electrons. The number of rotatable bonds is 9. The van der Waals surface area contributed by atoms with Crippen LogP contribution in [0.3, 0.4) is 0 Å². The molecule has 0 bridgehead atoms. The number of aliphatic hydroxyl groups is 1. The number of aliphatic hydroxyl groups excluding tert-OH is 1. The predicted octanol–water partition coefficient (Wildman–Crippen LogP) is 4.53. The minimum absolute atomic E-state index is 0.0442. The molecule has 0 aromatic heterocycles. The van der Waals surface area contributed by atoms with Crippen molar-refractivity contribution < 1.29 is 19.4 Å². The molecule has 1 aliphatic carbocycles. The Balaban J connectivity index is 1.53. The number of carbonyl (C=O) groups excluding carboxylic acids is 2. The predicted molar refractivity (Wildman–Crippen MR) is 155 cm³/mol. The number of fused-ring (bicyclic) bond motifs is 1. The topological polar surface area (TPSA) is 82.1 Å². The molecule has 2 amide bonds. The zero-order valence-corrected chi connectivity index (χ0v) is 23.8. The van der Waals surface area contributed by atoms with E-state index >= 15 is 0 Å². The number of anilines is 1. The van der Waals surface area contributed by atoms with Crippen LogP contribution >= 0.6 is 0 Å². The maximum absolute atomic E-state index is 13.5. The summed E-state index contributed by atoms with van der Waals surface area (Å²) in [5.41, 5.74) is 2.34. The van der Waals surface area contributed by atoms with Crippen molar-refractivity contribution in [3.63, 3.8) is 0 Å². The Morgan fingerprint density at radius 3 is 2.59 bits per heavy atom. The molecule has 1 saturated carbocycles. The van der Waals surface area contributed by atoms with Crippen LogP contribution in [0.4, 0.5) is 5.69 Å². The van der Waals surface area contributed by atoms with Gasteiger partial charge in [-0.3, -0.25) is 9.59 Å². The van der Waals surface area contributed by atoms with E-state index in [0.717, 1.165) is 30.1 Å². The molecular weight excluding hydrogens is 490 g/mol. The molecule has 0 spiro atoms. The van der Waals surface area contributed by atoms with Gasteiger partial charge in [0.05, 0.1) is 25.5 Å². The molecule has 1 fully saturated rings. The Morgan fingerprint density at radius 2 is 1.87 bits per heavy atom. The molecule has 1 aliphatic heterocycles. The molecule has 2 N–H and O–H groups in total. The van der Waals surface area contributed by atoms with Crippen LogP contribution in [-0.4, -0.2) is 72.2 Å². The minimum atomic E-state index is -0.282. The third-order valence-corrected chi connectivity index (χ3v) is 8.19. The van der Waals surface area contributed by atoms with Gasteiger partial charge in [0, 0.05) is 36.8 Å². The van der Waals surface area contributed by atoms with Gasteiger partial charge in [-0.25, -0.2) is 0 Å². The summed E-state index contributed by atoms with van der Waals surface area (Å²) in [6.45, 7) is 6.27. The summed E-state index contributed by atoms with van der Waals surface area (Å²) < 4.78 is 6.66. The van der Waals surface area contributed by atoms with Crippen LogP contribution in [-0.2, 0) is 22.4 Å². The Hall–Kier alpha value is -2.90. The number of benzene rings is 2. The maximum Gasteiger partial charge on any atom is 0.228 e. The molecule has 2 aromatic rings. The van der Waals surface area contributed by atoms with Crippen molar-refractivity contribution in [2.24, 2.45) is 11.8 Å². The Kier molecular flexibility index (Phi) is 10.4. The smallest absolute Gasteiger partial charge is 0.228 e. The second-order valence-electron chi connectivity index (χ2n) is 11.6. The molecule has 2 aromatic carbocycles. The van der Waals surface area contributed by atoms with E-state index in [1.807, 2.05) is 55.5 Å². The van der Waals surface area contributed by atoms with Gasteiger partial charge in [0.1, 0.15) is 11.9 Å². The number of nitrogens with one attached hydrogen (secondary N) is 1. The third-order valence-electron chi connectivity index (χ3n) is 8.19. The van der Waals surface area contributed by atoms with Crippen LogP contribution in [0.1, 0.15) is 57.1 Å². The highest BCUT2D eigenvalue weighted by Crippen LogP contribution is 2.30. The molecule has 0 radical (unpaired) electrons. The van der Waals surface area contributed by atoms with Crippen LogP contribution in [0.2, 0.25) is 0 Å². The van der Waals surface area contributed by atoms with E-state index in [1.165, 1.54) is 32.1 Å². The summed E-state index contributed by atoms with van der Waals surface area (Å²) >= 11 is 0. The summed E-state index contributed by atoms with van der Waals surface area (Å²) in [4.78, 5) is 30.3. The summed E-state index contributed by atoms with van der Waals surface area (Å²) in [6.07, 6.45) is 6.90. The fourth-order valence-corrected chi connectivity index (χ4v) is 5.90. The van der Waals surface area contributed by atoms with Gasteiger partial charge in [-0.1, -0.05) is 56.5 Å². The van der Waals surface area contributed by atoms with E-state index < -0.39 is 0 Å². The van der Waals surface area contributed by atoms with Gasteiger partial charge in [0.2, 0.25) is 11.8 Å². The van der Waals surface area contributed by atoms with Crippen molar-refractivity contribution in [2.45, 2.75) is 70.9 Å². The third kappa shape index (κ3) is 8.29. The number of carbonyl (C=O) groups is 2. The van der Waals surface area contributed by atoms with Gasteiger partial charge < -0.3 is 25.0 Å². The Morgan fingerprint density at radius 1 is 1.13 bits per heavy atom. The first-order valence-corrected chi connectivity index (χ1v) is 14.5. The first kappa shape index (κ1) is 29.1. The van der Waals surface area contributed by atoms with Gasteiger partial charge in [-0.2, -0.15) is 0 Å². The summed E-state index contributed by atoms with van der Waals surface area (Å²) in [6, 6.07) is 14.9. The molecule has 7 heteroatoms. The van der Waals surface area contributed by atoms with Crippen LogP contribution < -0.4 is 10.1 Å². The molecular formula is C32H45N3O4. The van der Waals surface area contributed by atoms with Crippen molar-refractivity contribution in [3.05, 3.63) is 59.7 Å². The quantitative estimate of drug-likeness (QED) is 0.493. The van der Waals surface area contributed by atoms with Gasteiger partial charge in [0.25, 0.3) is 0 Å². The lowest BCUT2D eigenvalue weighted by molar-refractivity contribution is -0.134. The van der Waals surface area contributed by atoms with Gasteiger partial charge in [-0.05, 0) is 56.5 Å². The number of amides is 2. The highest BCUT2D eigenvalue weighted by Gasteiger charge is 2.31. The van der Waals surface area contributed by atoms with Crippen LogP contribution in [0.15, 0.2) is 48.5 Å². The van der Waals surface area contributed by atoms with E-state index in [-0.39, 0.29) is 49.3 Å². The van der Waals surface area contributed by atoms with Crippen molar-refractivity contribution in [2.75, 3.05) is 38.6 Å². The molecule has 0 unspecified atom stereocenters. The zero-order chi connectivity index (χ0) is 27.8. The number of ether oxygens (including phenoxy) is 1.